The highest BCUT2D eigenvalue weighted by Gasteiger charge is 2.16. The quantitative estimate of drug-likeness (QED) is 0.866. The van der Waals surface area contributed by atoms with E-state index < -0.39 is 11.8 Å². The minimum Gasteiger partial charge on any atom is -0.462 e. The average molecular weight is 313 g/mol. The summed E-state index contributed by atoms with van der Waals surface area (Å²) >= 11 is 3.17. The molecule has 94 valence electrons. The van der Waals surface area contributed by atoms with E-state index in [0.29, 0.717) is 9.86 Å². The van der Waals surface area contributed by atoms with Crippen LogP contribution in [0.15, 0.2) is 22.8 Å². The van der Waals surface area contributed by atoms with Gasteiger partial charge < -0.3 is 10.5 Å². The van der Waals surface area contributed by atoms with Crippen LogP contribution in [-0.2, 0) is 4.74 Å². The second-order valence-corrected chi connectivity index (χ2v) is 4.51. The molecule has 1 aromatic heterocycles. The number of nitrogens with two attached hydrogens (primary N) is 1. The second-order valence-electron chi connectivity index (χ2n) is 3.59. The number of ether oxygens (including phenoxy) is 1. The van der Waals surface area contributed by atoms with Gasteiger partial charge in [0.15, 0.2) is 5.82 Å². The lowest BCUT2D eigenvalue weighted by molar-refractivity contribution is 0.0527. The van der Waals surface area contributed by atoms with Gasteiger partial charge in [0.25, 0.3) is 0 Å². The van der Waals surface area contributed by atoms with Crippen molar-refractivity contribution in [2.45, 2.75) is 6.92 Å². The number of benzene rings is 1. The topological polar surface area (TPSA) is 65.2 Å². The molecular formula is C12H10BrFN2O2. The number of pyridine rings is 1. The number of aromatic nitrogens is 1. The summed E-state index contributed by atoms with van der Waals surface area (Å²) in [6.45, 7) is 1.93. The summed E-state index contributed by atoms with van der Waals surface area (Å²) < 4.78 is 19.0. The number of fused-ring (bicyclic) bond motifs is 1. The van der Waals surface area contributed by atoms with Crippen LogP contribution in [-0.4, -0.2) is 17.6 Å². The summed E-state index contributed by atoms with van der Waals surface area (Å²) in [4.78, 5) is 15.5. The Labute approximate surface area is 111 Å². The van der Waals surface area contributed by atoms with Crippen LogP contribution in [0, 0.1) is 5.82 Å². The summed E-state index contributed by atoms with van der Waals surface area (Å²) in [6.07, 6.45) is 1.23. The zero-order valence-corrected chi connectivity index (χ0v) is 11.1. The summed E-state index contributed by atoms with van der Waals surface area (Å²) in [6, 6.07) is 2.91. The van der Waals surface area contributed by atoms with Crippen LogP contribution in [0.25, 0.3) is 10.9 Å². The molecule has 2 rings (SSSR count). The second kappa shape index (κ2) is 4.89. The first-order valence-corrected chi connectivity index (χ1v) is 6.04. The number of hydrogen-bond acceptors (Lipinski definition) is 4. The molecule has 6 heteroatoms. The van der Waals surface area contributed by atoms with Crippen LogP contribution in [0.3, 0.4) is 0 Å². The minimum atomic E-state index is -0.565. The number of nitrogens with zero attached hydrogens (tertiary/aromatic N) is 1. The van der Waals surface area contributed by atoms with Gasteiger partial charge in [-0.2, -0.15) is 0 Å². The Hall–Kier alpha value is -1.69. The van der Waals surface area contributed by atoms with Crippen molar-refractivity contribution in [2.75, 3.05) is 12.3 Å². The third-order valence-electron chi connectivity index (χ3n) is 2.43. The Morgan fingerprint density at radius 3 is 2.94 bits per heavy atom. The van der Waals surface area contributed by atoms with Gasteiger partial charge in [-0.25, -0.2) is 9.18 Å². The number of halogens is 2. The molecular weight excluding hydrogens is 303 g/mol. The number of anilines is 1. The molecule has 18 heavy (non-hydrogen) atoms. The summed E-state index contributed by atoms with van der Waals surface area (Å²) in [5, 5.41) is 0.382. The van der Waals surface area contributed by atoms with E-state index in [1.807, 2.05) is 0 Å². The molecule has 0 aliphatic carbocycles. The highest BCUT2D eigenvalue weighted by Crippen LogP contribution is 2.28. The standard InChI is InChI=1S/C12H10BrFN2O2/c1-2-18-12(17)8-5-16-11-7(10(8)15)3-6(13)4-9(11)14/h3-5H,2H2,1H3,(H2,15,16). The molecule has 2 aromatic rings. The van der Waals surface area contributed by atoms with E-state index in [4.69, 9.17) is 10.5 Å². The number of hydrogen-bond donors (Lipinski definition) is 1. The fourth-order valence-corrected chi connectivity index (χ4v) is 2.05. The van der Waals surface area contributed by atoms with E-state index in [1.165, 1.54) is 12.3 Å². The maximum absolute atomic E-state index is 13.6. The average Bonchev–Trinajstić information content (AvgIpc) is 2.30. The number of rotatable bonds is 2. The molecule has 0 saturated heterocycles. The summed E-state index contributed by atoms with van der Waals surface area (Å²) in [7, 11) is 0. The lowest BCUT2D eigenvalue weighted by Gasteiger charge is -2.08. The van der Waals surface area contributed by atoms with Crippen molar-refractivity contribution in [3.8, 4) is 0 Å². The van der Waals surface area contributed by atoms with Crippen molar-refractivity contribution < 1.29 is 13.9 Å². The fourth-order valence-electron chi connectivity index (χ4n) is 1.62. The van der Waals surface area contributed by atoms with E-state index >= 15 is 0 Å². The molecule has 4 nitrogen and oxygen atoms in total. The molecule has 0 aliphatic heterocycles. The Kier molecular flexibility index (Phi) is 3.47. The fraction of sp³-hybridized carbons (Fsp3) is 0.167. The van der Waals surface area contributed by atoms with Gasteiger partial charge in [-0.05, 0) is 19.1 Å². The maximum atomic E-state index is 13.6. The van der Waals surface area contributed by atoms with Gasteiger partial charge in [-0.3, -0.25) is 4.98 Å². The van der Waals surface area contributed by atoms with Crippen LogP contribution >= 0.6 is 15.9 Å². The lowest BCUT2D eigenvalue weighted by Crippen LogP contribution is -2.09. The van der Waals surface area contributed by atoms with E-state index in [0.717, 1.165) is 0 Å². The number of carbonyl (C=O) groups excluding carboxylic acids is 1. The Balaban J connectivity index is 2.67. The van der Waals surface area contributed by atoms with Gasteiger partial charge in [0.05, 0.1) is 12.3 Å². The molecule has 1 heterocycles. The monoisotopic (exact) mass is 312 g/mol. The molecule has 0 radical (unpaired) electrons. The van der Waals surface area contributed by atoms with Crippen LogP contribution in [0.1, 0.15) is 17.3 Å². The van der Waals surface area contributed by atoms with Crippen LogP contribution < -0.4 is 5.73 Å². The highest BCUT2D eigenvalue weighted by molar-refractivity contribution is 9.10. The van der Waals surface area contributed by atoms with Crippen LogP contribution in [0.5, 0.6) is 0 Å². The van der Waals surface area contributed by atoms with Gasteiger partial charge in [0, 0.05) is 16.1 Å². The molecule has 0 spiro atoms. The SMILES string of the molecule is CCOC(=O)c1cnc2c(F)cc(Br)cc2c1N. The predicted molar refractivity (Wildman–Crippen MR) is 69.8 cm³/mol. The van der Waals surface area contributed by atoms with Gasteiger partial charge >= 0.3 is 5.97 Å². The molecule has 0 unspecified atom stereocenters. The van der Waals surface area contributed by atoms with Crippen molar-refractivity contribution in [3.05, 3.63) is 34.2 Å². The molecule has 0 bridgehead atoms. The lowest BCUT2D eigenvalue weighted by atomic mass is 10.1. The first-order valence-electron chi connectivity index (χ1n) is 5.25. The molecule has 0 amide bonds. The van der Waals surface area contributed by atoms with Crippen molar-refractivity contribution in [1.29, 1.82) is 0 Å². The van der Waals surface area contributed by atoms with Crippen molar-refractivity contribution >= 4 is 38.5 Å². The smallest absolute Gasteiger partial charge is 0.341 e. The van der Waals surface area contributed by atoms with Crippen LogP contribution in [0.2, 0.25) is 0 Å². The van der Waals surface area contributed by atoms with Gasteiger partial charge in [0.2, 0.25) is 0 Å². The van der Waals surface area contributed by atoms with Gasteiger partial charge in [-0.15, -0.1) is 0 Å². The molecule has 0 atom stereocenters. The number of carbonyl (C=O) groups is 1. The van der Waals surface area contributed by atoms with E-state index in [-0.39, 0.29) is 23.4 Å². The van der Waals surface area contributed by atoms with Gasteiger partial charge in [-0.1, -0.05) is 15.9 Å². The molecule has 0 fully saturated rings. The predicted octanol–water partition coefficient (Wildman–Crippen LogP) is 2.90. The number of esters is 1. The highest BCUT2D eigenvalue weighted by atomic mass is 79.9. The maximum Gasteiger partial charge on any atom is 0.341 e. The normalized spacial score (nSPS) is 10.6. The third-order valence-corrected chi connectivity index (χ3v) is 2.88. The first kappa shape index (κ1) is 12.8. The van der Waals surface area contributed by atoms with Crippen molar-refractivity contribution in [3.63, 3.8) is 0 Å². The molecule has 0 aliphatic rings. The Morgan fingerprint density at radius 2 is 2.28 bits per heavy atom. The van der Waals surface area contributed by atoms with E-state index in [2.05, 4.69) is 20.9 Å². The van der Waals surface area contributed by atoms with Gasteiger partial charge in [0.1, 0.15) is 11.1 Å². The minimum absolute atomic E-state index is 0.128. The largest absolute Gasteiger partial charge is 0.462 e. The first-order chi connectivity index (χ1) is 8.54. The Bertz CT molecular complexity index is 631. The van der Waals surface area contributed by atoms with Crippen LogP contribution in [0.4, 0.5) is 10.1 Å². The number of nitrogen functional groups attached to an aromatic ring is 1. The third kappa shape index (κ3) is 2.15. The summed E-state index contributed by atoms with van der Waals surface area (Å²) in [5.74, 6) is -1.06. The van der Waals surface area contributed by atoms with Crippen molar-refractivity contribution in [1.82, 2.24) is 4.98 Å². The van der Waals surface area contributed by atoms with E-state index in [9.17, 15) is 9.18 Å². The molecule has 2 N–H and O–H groups in total. The summed E-state index contributed by atoms with van der Waals surface area (Å²) in [5.41, 5.74) is 6.29. The zero-order chi connectivity index (χ0) is 13.3. The Morgan fingerprint density at radius 1 is 1.56 bits per heavy atom. The zero-order valence-electron chi connectivity index (χ0n) is 9.54. The van der Waals surface area contributed by atoms with E-state index in [1.54, 1.807) is 13.0 Å². The molecule has 0 saturated carbocycles. The van der Waals surface area contributed by atoms with Crippen molar-refractivity contribution in [2.24, 2.45) is 0 Å². The molecule has 1 aromatic carbocycles.